The molecule has 0 spiro atoms. The second kappa shape index (κ2) is 8.27. The molecule has 4 rings (SSSR count). The van der Waals surface area contributed by atoms with Crippen LogP contribution in [0.25, 0.3) is 0 Å². The number of anilines is 3. The topological polar surface area (TPSA) is 61.4 Å². The molecule has 1 amide bonds. The molecule has 0 radical (unpaired) electrons. The van der Waals surface area contributed by atoms with E-state index in [1.54, 1.807) is 30.5 Å². The number of benzene rings is 1. The van der Waals surface area contributed by atoms with Crippen LogP contribution in [0.3, 0.4) is 0 Å². The minimum absolute atomic E-state index is 0.208. The minimum atomic E-state index is -0.208. The van der Waals surface area contributed by atoms with Crippen molar-refractivity contribution in [2.75, 3.05) is 41.3 Å². The molecule has 1 aromatic carbocycles. The molecule has 0 atom stereocenters. The summed E-state index contributed by atoms with van der Waals surface area (Å²) in [6.07, 6.45) is 3.62. The van der Waals surface area contributed by atoms with Crippen molar-refractivity contribution >= 4 is 34.8 Å². The summed E-state index contributed by atoms with van der Waals surface area (Å²) in [4.78, 5) is 25.6. The molecule has 0 unspecified atom stereocenters. The Bertz CT molecular complexity index is 923. The maximum absolute atomic E-state index is 12.3. The Hall–Kier alpha value is -3.12. The van der Waals surface area contributed by atoms with Crippen LogP contribution in [0.15, 0.2) is 67.0 Å². The molecule has 1 fully saturated rings. The van der Waals surface area contributed by atoms with Gasteiger partial charge in [0.2, 0.25) is 0 Å². The predicted molar refractivity (Wildman–Crippen MR) is 112 cm³/mol. The normalized spacial score (nSPS) is 14.0. The lowest BCUT2D eigenvalue weighted by Crippen LogP contribution is -2.46. The fourth-order valence-corrected chi connectivity index (χ4v) is 3.30. The summed E-state index contributed by atoms with van der Waals surface area (Å²) in [7, 11) is 0. The number of hydrogen-bond acceptors (Lipinski definition) is 5. The van der Waals surface area contributed by atoms with E-state index in [0.29, 0.717) is 16.4 Å². The Morgan fingerprint density at radius 1 is 0.893 bits per heavy atom. The van der Waals surface area contributed by atoms with Crippen LogP contribution < -0.4 is 15.1 Å². The number of amides is 1. The molecule has 2 aromatic heterocycles. The Morgan fingerprint density at radius 2 is 1.64 bits per heavy atom. The summed E-state index contributed by atoms with van der Waals surface area (Å²) in [6.45, 7) is 3.61. The van der Waals surface area contributed by atoms with Crippen LogP contribution in [0.5, 0.6) is 0 Å². The van der Waals surface area contributed by atoms with Gasteiger partial charge in [0.15, 0.2) is 0 Å². The fourth-order valence-electron chi connectivity index (χ4n) is 3.17. The number of halogens is 1. The first kappa shape index (κ1) is 18.3. The maximum atomic E-state index is 12.3. The van der Waals surface area contributed by atoms with Crippen LogP contribution in [-0.2, 0) is 0 Å². The van der Waals surface area contributed by atoms with Crippen LogP contribution >= 0.6 is 11.6 Å². The van der Waals surface area contributed by atoms with Gasteiger partial charge in [0.25, 0.3) is 5.91 Å². The number of carbonyl (C=O) groups is 1. The number of piperazine rings is 1. The van der Waals surface area contributed by atoms with Gasteiger partial charge in [0.05, 0.1) is 11.9 Å². The largest absolute Gasteiger partial charge is 0.367 e. The SMILES string of the molecule is O=C(Nc1ccc(N2CCN(c3ccccn3)CC2)cn1)c1ccc(Cl)cc1. The second-order valence-electron chi connectivity index (χ2n) is 6.52. The summed E-state index contributed by atoms with van der Waals surface area (Å²) >= 11 is 5.86. The number of rotatable bonds is 4. The number of nitrogens with zero attached hydrogens (tertiary/aromatic N) is 4. The van der Waals surface area contributed by atoms with Gasteiger partial charge in [0.1, 0.15) is 11.6 Å². The summed E-state index contributed by atoms with van der Waals surface area (Å²) in [5.74, 6) is 1.33. The lowest BCUT2D eigenvalue weighted by molar-refractivity contribution is 0.102. The van der Waals surface area contributed by atoms with Crippen LogP contribution in [-0.4, -0.2) is 42.1 Å². The van der Waals surface area contributed by atoms with Gasteiger partial charge in [-0.15, -0.1) is 0 Å². The minimum Gasteiger partial charge on any atom is -0.367 e. The molecule has 1 aliphatic rings. The van der Waals surface area contributed by atoms with Crippen LogP contribution in [0.2, 0.25) is 5.02 Å². The molecule has 1 N–H and O–H groups in total. The van der Waals surface area contributed by atoms with Crippen molar-refractivity contribution in [1.82, 2.24) is 9.97 Å². The van der Waals surface area contributed by atoms with E-state index in [2.05, 4.69) is 25.1 Å². The van der Waals surface area contributed by atoms with E-state index in [0.717, 1.165) is 37.7 Å². The zero-order valence-corrected chi connectivity index (χ0v) is 16.0. The average Bonchev–Trinajstić information content (AvgIpc) is 2.75. The Morgan fingerprint density at radius 3 is 2.29 bits per heavy atom. The van der Waals surface area contributed by atoms with Crippen molar-refractivity contribution in [3.05, 3.63) is 77.6 Å². The lowest BCUT2D eigenvalue weighted by Gasteiger charge is -2.36. The molecular weight excluding hydrogens is 374 g/mol. The molecule has 0 aliphatic carbocycles. The molecule has 142 valence electrons. The van der Waals surface area contributed by atoms with Crippen molar-refractivity contribution in [2.24, 2.45) is 0 Å². The van der Waals surface area contributed by atoms with Gasteiger partial charge in [-0.1, -0.05) is 17.7 Å². The molecule has 6 nitrogen and oxygen atoms in total. The smallest absolute Gasteiger partial charge is 0.256 e. The lowest BCUT2D eigenvalue weighted by atomic mass is 10.2. The van der Waals surface area contributed by atoms with Crippen molar-refractivity contribution in [2.45, 2.75) is 0 Å². The first-order valence-electron chi connectivity index (χ1n) is 9.13. The van der Waals surface area contributed by atoms with E-state index in [4.69, 9.17) is 11.6 Å². The molecule has 3 heterocycles. The highest BCUT2D eigenvalue weighted by molar-refractivity contribution is 6.30. The number of nitrogens with one attached hydrogen (secondary N) is 1. The third-order valence-corrected chi connectivity index (χ3v) is 4.97. The first-order chi connectivity index (χ1) is 13.7. The first-order valence-corrected chi connectivity index (χ1v) is 9.51. The zero-order chi connectivity index (χ0) is 19.3. The van der Waals surface area contributed by atoms with Gasteiger partial charge >= 0.3 is 0 Å². The van der Waals surface area contributed by atoms with E-state index >= 15 is 0 Å². The molecule has 1 aliphatic heterocycles. The molecule has 0 saturated carbocycles. The highest BCUT2D eigenvalue weighted by atomic mass is 35.5. The molecular formula is C21H20ClN5O. The summed E-state index contributed by atoms with van der Waals surface area (Å²) in [5, 5.41) is 3.41. The van der Waals surface area contributed by atoms with E-state index in [1.165, 1.54) is 0 Å². The highest BCUT2D eigenvalue weighted by Crippen LogP contribution is 2.20. The van der Waals surface area contributed by atoms with Crippen molar-refractivity contribution in [3.63, 3.8) is 0 Å². The van der Waals surface area contributed by atoms with E-state index in [1.807, 2.05) is 36.5 Å². The number of hydrogen-bond donors (Lipinski definition) is 1. The summed E-state index contributed by atoms with van der Waals surface area (Å²) < 4.78 is 0. The summed E-state index contributed by atoms with van der Waals surface area (Å²) in [5.41, 5.74) is 1.59. The second-order valence-corrected chi connectivity index (χ2v) is 6.96. The van der Waals surface area contributed by atoms with Gasteiger partial charge < -0.3 is 15.1 Å². The van der Waals surface area contributed by atoms with Crippen LogP contribution in [0.4, 0.5) is 17.3 Å². The third-order valence-electron chi connectivity index (χ3n) is 4.71. The van der Waals surface area contributed by atoms with Gasteiger partial charge in [-0.3, -0.25) is 4.79 Å². The zero-order valence-electron chi connectivity index (χ0n) is 15.3. The summed E-state index contributed by atoms with van der Waals surface area (Å²) in [6, 6.07) is 16.5. The van der Waals surface area contributed by atoms with Gasteiger partial charge in [-0.05, 0) is 48.5 Å². The fraction of sp³-hybridized carbons (Fsp3) is 0.190. The van der Waals surface area contributed by atoms with Gasteiger partial charge in [0, 0.05) is 43.0 Å². The average molecular weight is 394 g/mol. The Balaban J connectivity index is 1.35. The standard InChI is InChI=1S/C21H20ClN5O/c22-17-6-4-16(5-7-17)21(28)25-19-9-8-18(15-24-19)26-11-13-27(14-12-26)20-3-1-2-10-23-20/h1-10,15H,11-14H2,(H,24,25,28). The molecule has 0 bridgehead atoms. The molecule has 7 heteroatoms. The van der Waals surface area contributed by atoms with E-state index in [-0.39, 0.29) is 5.91 Å². The van der Waals surface area contributed by atoms with Crippen LogP contribution in [0.1, 0.15) is 10.4 Å². The maximum Gasteiger partial charge on any atom is 0.256 e. The van der Waals surface area contributed by atoms with E-state index in [9.17, 15) is 4.79 Å². The monoisotopic (exact) mass is 393 g/mol. The molecule has 28 heavy (non-hydrogen) atoms. The highest BCUT2D eigenvalue weighted by Gasteiger charge is 2.18. The number of aromatic nitrogens is 2. The van der Waals surface area contributed by atoms with Crippen molar-refractivity contribution in [1.29, 1.82) is 0 Å². The number of pyridine rings is 2. The molecule has 3 aromatic rings. The molecule has 1 saturated heterocycles. The van der Waals surface area contributed by atoms with E-state index < -0.39 is 0 Å². The number of carbonyl (C=O) groups excluding carboxylic acids is 1. The Labute approximate surface area is 168 Å². The van der Waals surface area contributed by atoms with Crippen molar-refractivity contribution in [3.8, 4) is 0 Å². The quantitative estimate of drug-likeness (QED) is 0.732. The van der Waals surface area contributed by atoms with Gasteiger partial charge in [-0.2, -0.15) is 0 Å². The van der Waals surface area contributed by atoms with Crippen LogP contribution in [0, 0.1) is 0 Å². The third kappa shape index (κ3) is 4.23. The Kier molecular flexibility index (Phi) is 5.39. The van der Waals surface area contributed by atoms with Gasteiger partial charge in [-0.25, -0.2) is 9.97 Å². The predicted octanol–water partition coefficient (Wildman–Crippen LogP) is 3.71. The van der Waals surface area contributed by atoms with Crippen molar-refractivity contribution < 1.29 is 4.79 Å².